The zero-order valence-electron chi connectivity index (χ0n) is 9.48. The molecule has 0 aliphatic carbocycles. The fraction of sp³-hybridized carbons (Fsp3) is 0.667. The highest BCUT2D eigenvalue weighted by molar-refractivity contribution is 7.09. The molecule has 0 spiro atoms. The average molecular weight is 228 g/mol. The van der Waals surface area contributed by atoms with E-state index < -0.39 is 0 Å². The minimum Gasteiger partial charge on any atom is -0.390 e. The van der Waals surface area contributed by atoms with E-state index in [1.165, 1.54) is 4.88 Å². The molecule has 0 saturated carbocycles. The predicted octanol–water partition coefficient (Wildman–Crippen LogP) is 2.86. The van der Waals surface area contributed by atoms with Crippen LogP contribution in [0.3, 0.4) is 0 Å². The Morgan fingerprint density at radius 2 is 2.27 bits per heavy atom. The van der Waals surface area contributed by atoms with Crippen LogP contribution in [0.4, 0.5) is 0 Å². The molecule has 1 rings (SSSR count). The maximum absolute atomic E-state index is 10.0. The summed E-state index contributed by atoms with van der Waals surface area (Å²) in [7, 11) is 0. The molecule has 0 aromatic carbocycles. The van der Waals surface area contributed by atoms with Gasteiger partial charge in [0.05, 0.1) is 12.2 Å². The molecule has 0 saturated heterocycles. The second-order valence-electron chi connectivity index (χ2n) is 3.63. The van der Waals surface area contributed by atoms with Crippen molar-refractivity contribution in [3.05, 3.63) is 22.4 Å². The van der Waals surface area contributed by atoms with Crippen LogP contribution in [0, 0.1) is 0 Å². The van der Waals surface area contributed by atoms with E-state index in [1.807, 2.05) is 18.4 Å². The molecule has 0 aliphatic rings. The largest absolute Gasteiger partial charge is 0.390 e. The summed E-state index contributed by atoms with van der Waals surface area (Å²) in [5, 5.41) is 12.1. The number of aliphatic hydroxyl groups excluding tert-OH is 1. The van der Waals surface area contributed by atoms with Gasteiger partial charge in [-0.25, -0.2) is 0 Å². The predicted molar refractivity (Wildman–Crippen MR) is 64.4 cm³/mol. The Hall–Kier alpha value is -0.380. The molecule has 2 nitrogen and oxygen atoms in total. The molecular formula is C12H20O2S. The van der Waals surface area contributed by atoms with Crippen LogP contribution < -0.4 is 0 Å². The van der Waals surface area contributed by atoms with Crippen molar-refractivity contribution in [2.75, 3.05) is 6.61 Å². The summed E-state index contributed by atoms with van der Waals surface area (Å²) in [5.74, 6) is 0. The SMILES string of the molecule is CCCC(OCC)C(O)Cc1cccs1. The minimum atomic E-state index is -0.372. The van der Waals surface area contributed by atoms with Crippen LogP contribution in [0.15, 0.2) is 17.5 Å². The summed E-state index contributed by atoms with van der Waals surface area (Å²) in [4.78, 5) is 1.23. The minimum absolute atomic E-state index is 0.0119. The first-order valence-corrected chi connectivity index (χ1v) is 6.47. The number of rotatable bonds is 7. The van der Waals surface area contributed by atoms with Gasteiger partial charge in [0.25, 0.3) is 0 Å². The third-order valence-electron chi connectivity index (χ3n) is 2.37. The molecule has 15 heavy (non-hydrogen) atoms. The summed E-state index contributed by atoms with van der Waals surface area (Å²) in [6, 6.07) is 4.07. The summed E-state index contributed by atoms with van der Waals surface area (Å²) in [5.41, 5.74) is 0. The van der Waals surface area contributed by atoms with E-state index in [1.54, 1.807) is 11.3 Å². The van der Waals surface area contributed by atoms with E-state index in [4.69, 9.17) is 4.74 Å². The zero-order chi connectivity index (χ0) is 11.1. The first-order chi connectivity index (χ1) is 7.27. The van der Waals surface area contributed by atoms with Crippen LogP contribution in [0.5, 0.6) is 0 Å². The van der Waals surface area contributed by atoms with Gasteiger partial charge in [-0.3, -0.25) is 0 Å². The van der Waals surface area contributed by atoms with Crippen LogP contribution in [0.25, 0.3) is 0 Å². The van der Waals surface area contributed by atoms with Gasteiger partial charge < -0.3 is 9.84 Å². The first-order valence-electron chi connectivity index (χ1n) is 5.60. The standard InChI is InChI=1S/C12H20O2S/c1-3-6-12(14-4-2)11(13)9-10-7-5-8-15-10/h5,7-8,11-13H,3-4,6,9H2,1-2H3. The summed E-state index contributed by atoms with van der Waals surface area (Å²) in [6.45, 7) is 4.76. The second kappa shape index (κ2) is 6.99. The van der Waals surface area contributed by atoms with Crippen molar-refractivity contribution in [1.82, 2.24) is 0 Å². The molecule has 2 unspecified atom stereocenters. The van der Waals surface area contributed by atoms with Gasteiger partial charge in [0, 0.05) is 17.9 Å². The third kappa shape index (κ3) is 4.33. The molecule has 1 N–H and O–H groups in total. The van der Waals surface area contributed by atoms with Gasteiger partial charge >= 0.3 is 0 Å². The van der Waals surface area contributed by atoms with Crippen LogP contribution in [0.2, 0.25) is 0 Å². The van der Waals surface area contributed by atoms with Gasteiger partial charge in [0.15, 0.2) is 0 Å². The topological polar surface area (TPSA) is 29.5 Å². The Morgan fingerprint density at radius 3 is 2.80 bits per heavy atom. The van der Waals surface area contributed by atoms with Crippen molar-refractivity contribution < 1.29 is 9.84 Å². The second-order valence-corrected chi connectivity index (χ2v) is 4.67. The summed E-state index contributed by atoms with van der Waals surface area (Å²) >= 11 is 1.69. The molecule has 1 aromatic rings. The van der Waals surface area contributed by atoms with Gasteiger partial charge in [0.2, 0.25) is 0 Å². The fourth-order valence-electron chi connectivity index (χ4n) is 1.65. The first kappa shape index (κ1) is 12.7. The third-order valence-corrected chi connectivity index (χ3v) is 3.27. The van der Waals surface area contributed by atoms with Crippen molar-refractivity contribution in [3.63, 3.8) is 0 Å². The Labute approximate surface area is 95.9 Å². The summed E-state index contributed by atoms with van der Waals surface area (Å²) in [6.07, 6.45) is 2.31. The van der Waals surface area contributed by atoms with Crippen LogP contribution >= 0.6 is 11.3 Å². The molecule has 2 atom stereocenters. The molecular weight excluding hydrogens is 208 g/mol. The molecule has 1 heterocycles. The smallest absolute Gasteiger partial charge is 0.0849 e. The molecule has 0 radical (unpaired) electrons. The number of ether oxygens (including phenoxy) is 1. The van der Waals surface area contributed by atoms with Crippen LogP contribution in [-0.2, 0) is 11.2 Å². The molecule has 0 amide bonds. The highest BCUT2D eigenvalue weighted by Crippen LogP contribution is 2.16. The lowest BCUT2D eigenvalue weighted by Crippen LogP contribution is -2.30. The lowest BCUT2D eigenvalue weighted by molar-refractivity contribution is -0.0360. The number of hydrogen-bond acceptors (Lipinski definition) is 3. The monoisotopic (exact) mass is 228 g/mol. The van der Waals surface area contributed by atoms with Gasteiger partial charge in [0.1, 0.15) is 0 Å². The number of thiophene rings is 1. The Kier molecular flexibility index (Phi) is 5.91. The molecule has 3 heteroatoms. The van der Waals surface area contributed by atoms with Crippen LogP contribution in [0.1, 0.15) is 31.6 Å². The Morgan fingerprint density at radius 1 is 1.47 bits per heavy atom. The van der Waals surface area contributed by atoms with E-state index in [9.17, 15) is 5.11 Å². The fourth-order valence-corrected chi connectivity index (χ4v) is 2.41. The number of aliphatic hydroxyl groups is 1. The Balaban J connectivity index is 2.44. The van der Waals surface area contributed by atoms with E-state index >= 15 is 0 Å². The lowest BCUT2D eigenvalue weighted by atomic mass is 10.1. The molecule has 86 valence electrons. The highest BCUT2D eigenvalue weighted by Gasteiger charge is 2.19. The Bertz CT molecular complexity index is 240. The lowest BCUT2D eigenvalue weighted by Gasteiger charge is -2.21. The van der Waals surface area contributed by atoms with Gasteiger partial charge in [-0.2, -0.15) is 0 Å². The van der Waals surface area contributed by atoms with Crippen molar-refractivity contribution in [2.24, 2.45) is 0 Å². The average Bonchev–Trinajstić information content (AvgIpc) is 2.70. The zero-order valence-corrected chi connectivity index (χ0v) is 10.3. The molecule has 0 fully saturated rings. The quantitative estimate of drug-likeness (QED) is 0.777. The van der Waals surface area contributed by atoms with Gasteiger partial charge in [-0.15, -0.1) is 11.3 Å². The van der Waals surface area contributed by atoms with Crippen molar-refractivity contribution in [3.8, 4) is 0 Å². The molecule has 1 aromatic heterocycles. The highest BCUT2D eigenvalue weighted by atomic mass is 32.1. The number of hydrogen-bond donors (Lipinski definition) is 1. The normalized spacial score (nSPS) is 15.1. The van der Waals surface area contributed by atoms with E-state index in [-0.39, 0.29) is 12.2 Å². The van der Waals surface area contributed by atoms with E-state index in [2.05, 4.69) is 13.0 Å². The van der Waals surface area contributed by atoms with Crippen molar-refractivity contribution in [1.29, 1.82) is 0 Å². The van der Waals surface area contributed by atoms with Gasteiger partial charge in [-0.05, 0) is 24.8 Å². The molecule has 0 bridgehead atoms. The maximum atomic E-state index is 10.0. The van der Waals surface area contributed by atoms with Crippen LogP contribution in [-0.4, -0.2) is 23.9 Å². The van der Waals surface area contributed by atoms with E-state index in [0.29, 0.717) is 13.0 Å². The van der Waals surface area contributed by atoms with Crippen molar-refractivity contribution in [2.45, 2.75) is 45.3 Å². The van der Waals surface area contributed by atoms with Crippen molar-refractivity contribution >= 4 is 11.3 Å². The maximum Gasteiger partial charge on any atom is 0.0849 e. The molecule has 0 aliphatic heterocycles. The summed E-state index contributed by atoms with van der Waals surface area (Å²) < 4.78 is 5.55. The van der Waals surface area contributed by atoms with Gasteiger partial charge in [-0.1, -0.05) is 19.4 Å². The van der Waals surface area contributed by atoms with E-state index in [0.717, 1.165) is 12.8 Å².